The fraction of sp³-hybridized carbons (Fsp3) is 0.304. The second kappa shape index (κ2) is 7.99. The van der Waals surface area contributed by atoms with Crippen molar-refractivity contribution in [2.75, 3.05) is 6.54 Å². The van der Waals surface area contributed by atoms with Crippen molar-refractivity contribution in [3.05, 3.63) is 71.2 Å². The second-order valence-electron chi connectivity index (χ2n) is 7.62. The van der Waals surface area contributed by atoms with Crippen LogP contribution in [0.5, 0.6) is 0 Å². The molecule has 2 amide bonds. The maximum absolute atomic E-state index is 13.4. The molecule has 29 heavy (non-hydrogen) atoms. The lowest BCUT2D eigenvalue weighted by atomic mass is 10.1. The fourth-order valence-corrected chi connectivity index (χ4v) is 3.87. The Bertz CT molecular complexity index is 1070. The first-order valence-electron chi connectivity index (χ1n) is 9.86. The van der Waals surface area contributed by atoms with E-state index in [1.807, 2.05) is 49.4 Å². The summed E-state index contributed by atoms with van der Waals surface area (Å²) in [4.78, 5) is 35.7. The zero-order chi connectivity index (χ0) is 20.4. The molecule has 6 heteroatoms. The smallest absolute Gasteiger partial charge is 0.254 e. The molecule has 0 radical (unpaired) electrons. The zero-order valence-electron chi connectivity index (χ0n) is 16.7. The molecule has 1 saturated heterocycles. The maximum atomic E-state index is 13.4. The molecule has 1 atom stereocenters. The van der Waals surface area contributed by atoms with E-state index in [2.05, 4.69) is 22.2 Å². The monoisotopic (exact) mass is 388 g/mol. The number of carbonyl (C=O) groups is 2. The number of fused-ring (bicyclic) bond motifs is 1. The molecule has 1 aliphatic heterocycles. The first-order chi connectivity index (χ1) is 14.0. The summed E-state index contributed by atoms with van der Waals surface area (Å²) in [5, 5.41) is 4.00. The van der Waals surface area contributed by atoms with Gasteiger partial charge in [-0.3, -0.25) is 19.6 Å². The van der Waals surface area contributed by atoms with Gasteiger partial charge in [0.15, 0.2) is 0 Å². The van der Waals surface area contributed by atoms with Crippen molar-refractivity contribution >= 4 is 22.7 Å². The minimum Gasteiger partial charge on any atom is -0.352 e. The van der Waals surface area contributed by atoms with Gasteiger partial charge in [0, 0.05) is 41.8 Å². The van der Waals surface area contributed by atoms with Crippen molar-refractivity contribution in [1.29, 1.82) is 0 Å². The Balaban J connectivity index is 1.64. The van der Waals surface area contributed by atoms with E-state index >= 15 is 0 Å². The van der Waals surface area contributed by atoms with Crippen molar-refractivity contribution < 1.29 is 9.59 Å². The Hall–Kier alpha value is -3.28. The SMILES string of the molecule is Cc1cc(C)c2ccc(C(=O)N(Cc3ccccn3)C[C@@H]3CCC(=O)N3)cc2n1. The Kier molecular flexibility index (Phi) is 5.25. The summed E-state index contributed by atoms with van der Waals surface area (Å²) in [7, 11) is 0. The van der Waals surface area contributed by atoms with Gasteiger partial charge in [-0.25, -0.2) is 0 Å². The van der Waals surface area contributed by atoms with Crippen LogP contribution in [0.25, 0.3) is 10.9 Å². The van der Waals surface area contributed by atoms with Crippen molar-refractivity contribution in [2.24, 2.45) is 0 Å². The lowest BCUT2D eigenvalue weighted by Crippen LogP contribution is -2.41. The van der Waals surface area contributed by atoms with Crippen LogP contribution in [0, 0.1) is 13.8 Å². The molecule has 0 saturated carbocycles. The number of amides is 2. The second-order valence-corrected chi connectivity index (χ2v) is 7.62. The van der Waals surface area contributed by atoms with Crippen LogP contribution in [0.4, 0.5) is 0 Å². The summed E-state index contributed by atoms with van der Waals surface area (Å²) in [6.45, 7) is 4.86. The highest BCUT2D eigenvalue weighted by Crippen LogP contribution is 2.21. The molecule has 0 spiro atoms. The third-order valence-corrected chi connectivity index (χ3v) is 5.28. The molecule has 1 fully saturated rings. The average Bonchev–Trinajstić information content (AvgIpc) is 3.12. The van der Waals surface area contributed by atoms with Gasteiger partial charge in [0.1, 0.15) is 0 Å². The van der Waals surface area contributed by atoms with Gasteiger partial charge in [-0.05, 0) is 56.2 Å². The van der Waals surface area contributed by atoms with Crippen LogP contribution in [0.15, 0.2) is 48.7 Å². The fourth-order valence-electron chi connectivity index (χ4n) is 3.87. The molecule has 0 aliphatic carbocycles. The highest BCUT2D eigenvalue weighted by atomic mass is 16.2. The van der Waals surface area contributed by atoms with Crippen LogP contribution >= 0.6 is 0 Å². The van der Waals surface area contributed by atoms with Gasteiger partial charge in [-0.2, -0.15) is 0 Å². The van der Waals surface area contributed by atoms with Crippen LogP contribution in [0.1, 0.15) is 40.2 Å². The van der Waals surface area contributed by atoms with Gasteiger partial charge in [0.25, 0.3) is 5.91 Å². The summed E-state index contributed by atoms with van der Waals surface area (Å²) >= 11 is 0. The molecule has 6 nitrogen and oxygen atoms in total. The zero-order valence-corrected chi connectivity index (χ0v) is 16.7. The Morgan fingerprint density at radius 2 is 2.07 bits per heavy atom. The average molecular weight is 388 g/mol. The molecule has 3 heterocycles. The molecule has 1 aliphatic rings. The summed E-state index contributed by atoms with van der Waals surface area (Å²) in [5.41, 5.74) is 4.30. The van der Waals surface area contributed by atoms with Crippen molar-refractivity contribution in [3.8, 4) is 0 Å². The standard InChI is InChI=1S/C23H24N4O2/c1-15-11-16(2)25-21-12-17(6-8-20(15)21)23(29)27(13-18-5-3-4-10-24-18)14-19-7-9-22(28)26-19/h3-6,8,10-12,19H,7,9,13-14H2,1-2H3,(H,26,28)/t19-/m0/s1. The van der Waals surface area contributed by atoms with Gasteiger partial charge in [-0.15, -0.1) is 0 Å². The van der Waals surface area contributed by atoms with Crippen molar-refractivity contribution in [2.45, 2.75) is 39.3 Å². The van der Waals surface area contributed by atoms with Gasteiger partial charge >= 0.3 is 0 Å². The number of nitrogens with one attached hydrogen (secondary N) is 1. The number of carbonyl (C=O) groups excluding carboxylic acids is 2. The quantitative estimate of drug-likeness (QED) is 0.728. The molecule has 0 unspecified atom stereocenters. The largest absolute Gasteiger partial charge is 0.352 e. The number of aromatic nitrogens is 2. The lowest BCUT2D eigenvalue weighted by molar-refractivity contribution is -0.119. The van der Waals surface area contributed by atoms with E-state index in [0.717, 1.165) is 34.3 Å². The van der Waals surface area contributed by atoms with Crippen LogP contribution in [-0.4, -0.2) is 39.3 Å². The van der Waals surface area contributed by atoms with Crippen LogP contribution in [0.2, 0.25) is 0 Å². The normalized spacial score (nSPS) is 16.1. The van der Waals surface area contributed by atoms with Crippen LogP contribution in [-0.2, 0) is 11.3 Å². The molecule has 1 aromatic carbocycles. The van der Waals surface area contributed by atoms with E-state index in [0.29, 0.717) is 25.1 Å². The number of hydrogen-bond acceptors (Lipinski definition) is 4. The molecular formula is C23H24N4O2. The third-order valence-electron chi connectivity index (χ3n) is 5.28. The molecule has 3 aromatic rings. The number of aryl methyl sites for hydroxylation is 2. The highest BCUT2D eigenvalue weighted by molar-refractivity contribution is 5.98. The minimum atomic E-state index is -0.0836. The first kappa shape index (κ1) is 19.1. The van der Waals surface area contributed by atoms with Gasteiger partial charge < -0.3 is 10.2 Å². The molecule has 1 N–H and O–H groups in total. The van der Waals surface area contributed by atoms with E-state index in [4.69, 9.17) is 0 Å². The third kappa shape index (κ3) is 4.26. The predicted octanol–water partition coefficient (Wildman–Crippen LogP) is 3.17. The molecule has 148 valence electrons. The number of pyridine rings is 2. The number of nitrogens with zero attached hydrogens (tertiary/aromatic N) is 3. The van der Waals surface area contributed by atoms with E-state index in [1.165, 1.54) is 0 Å². The van der Waals surface area contributed by atoms with E-state index in [-0.39, 0.29) is 17.9 Å². The summed E-state index contributed by atoms with van der Waals surface area (Å²) in [6.07, 6.45) is 2.97. The topological polar surface area (TPSA) is 75.2 Å². The van der Waals surface area contributed by atoms with Crippen molar-refractivity contribution in [1.82, 2.24) is 20.2 Å². The van der Waals surface area contributed by atoms with E-state index in [1.54, 1.807) is 11.1 Å². The Morgan fingerprint density at radius 3 is 2.79 bits per heavy atom. The molecule has 0 bridgehead atoms. The predicted molar refractivity (Wildman–Crippen MR) is 111 cm³/mol. The molecule has 4 rings (SSSR count). The summed E-state index contributed by atoms with van der Waals surface area (Å²) in [6, 6.07) is 13.4. The number of benzene rings is 1. The minimum absolute atomic E-state index is 0.0294. The Morgan fingerprint density at radius 1 is 1.21 bits per heavy atom. The summed E-state index contributed by atoms with van der Waals surface area (Å²) < 4.78 is 0. The molecule has 2 aromatic heterocycles. The van der Waals surface area contributed by atoms with E-state index in [9.17, 15) is 9.59 Å². The number of hydrogen-bond donors (Lipinski definition) is 1. The van der Waals surface area contributed by atoms with Crippen molar-refractivity contribution in [3.63, 3.8) is 0 Å². The van der Waals surface area contributed by atoms with E-state index < -0.39 is 0 Å². The number of rotatable bonds is 5. The van der Waals surface area contributed by atoms with Gasteiger partial charge in [0.2, 0.25) is 5.91 Å². The summed E-state index contributed by atoms with van der Waals surface area (Å²) in [5.74, 6) is -0.0410. The van der Waals surface area contributed by atoms with Crippen LogP contribution in [0.3, 0.4) is 0 Å². The van der Waals surface area contributed by atoms with Crippen LogP contribution < -0.4 is 5.32 Å². The maximum Gasteiger partial charge on any atom is 0.254 e. The first-order valence-corrected chi connectivity index (χ1v) is 9.86. The highest BCUT2D eigenvalue weighted by Gasteiger charge is 2.26. The van der Waals surface area contributed by atoms with Gasteiger partial charge in [0.05, 0.1) is 17.8 Å². The Labute approximate surface area is 170 Å². The lowest BCUT2D eigenvalue weighted by Gasteiger charge is -2.26. The molecular weight excluding hydrogens is 364 g/mol. The van der Waals surface area contributed by atoms with Gasteiger partial charge in [-0.1, -0.05) is 12.1 Å².